The van der Waals surface area contributed by atoms with E-state index in [1.165, 1.54) is 17.7 Å². The third kappa shape index (κ3) is 4.32. The lowest BCUT2D eigenvalue weighted by molar-refractivity contribution is -0.142. The molecule has 1 fully saturated rings. The number of aliphatic carboxylic acids is 1. The summed E-state index contributed by atoms with van der Waals surface area (Å²) < 4.78 is 38.6. The largest absolute Gasteiger partial charge is 0.481 e. The second-order valence-electron chi connectivity index (χ2n) is 7.65. The van der Waals surface area contributed by atoms with Gasteiger partial charge in [0.15, 0.2) is 0 Å². The van der Waals surface area contributed by atoms with Crippen molar-refractivity contribution in [3.63, 3.8) is 0 Å². The highest BCUT2D eigenvalue weighted by atomic mass is 19.4. The summed E-state index contributed by atoms with van der Waals surface area (Å²) in [7, 11) is 0. The second-order valence-corrected chi connectivity index (χ2v) is 7.65. The third-order valence-electron chi connectivity index (χ3n) is 5.45. The van der Waals surface area contributed by atoms with E-state index >= 15 is 0 Å². The molecule has 1 aliphatic rings. The van der Waals surface area contributed by atoms with Crippen LogP contribution in [0.4, 0.5) is 18.9 Å². The Morgan fingerprint density at radius 3 is 2.14 bits per heavy atom. The average molecular weight is 391 g/mol. The molecule has 1 aliphatic heterocycles. The van der Waals surface area contributed by atoms with Gasteiger partial charge in [-0.25, -0.2) is 0 Å². The molecule has 0 amide bonds. The summed E-state index contributed by atoms with van der Waals surface area (Å²) in [5.41, 5.74) is 2.16. The maximum atomic E-state index is 12.9. The van der Waals surface area contributed by atoms with Gasteiger partial charge in [0.1, 0.15) is 0 Å². The fourth-order valence-corrected chi connectivity index (χ4v) is 3.75. The lowest BCUT2D eigenvalue weighted by Crippen LogP contribution is -2.41. The minimum atomic E-state index is -4.37. The van der Waals surface area contributed by atoms with E-state index in [1.54, 1.807) is 0 Å². The van der Waals surface area contributed by atoms with Crippen LogP contribution in [0.15, 0.2) is 48.5 Å². The number of alkyl halides is 3. The molecule has 0 spiro atoms. The molecule has 1 saturated heterocycles. The van der Waals surface area contributed by atoms with Crippen LogP contribution in [0.5, 0.6) is 0 Å². The molecular weight excluding hydrogens is 367 g/mol. The van der Waals surface area contributed by atoms with E-state index in [1.807, 2.05) is 29.2 Å². The Morgan fingerprint density at radius 1 is 1.04 bits per heavy atom. The molecule has 2 atom stereocenters. The Hall–Kier alpha value is -2.50. The van der Waals surface area contributed by atoms with E-state index in [0.29, 0.717) is 25.3 Å². The van der Waals surface area contributed by atoms with E-state index in [0.717, 1.165) is 23.4 Å². The predicted molar refractivity (Wildman–Crippen MR) is 102 cm³/mol. The highest BCUT2D eigenvalue weighted by Crippen LogP contribution is 2.38. The number of hydrogen-bond acceptors (Lipinski definition) is 2. The maximum Gasteiger partial charge on any atom is 0.416 e. The number of hydrogen-bond donors (Lipinski definition) is 1. The average Bonchev–Trinajstić information content (AvgIpc) is 2.67. The number of anilines is 1. The van der Waals surface area contributed by atoms with Gasteiger partial charge >= 0.3 is 12.1 Å². The normalized spacial score (nSPS) is 20.4. The molecule has 2 aromatic rings. The number of piperidine rings is 1. The molecule has 0 aromatic heterocycles. The molecule has 2 aromatic carbocycles. The van der Waals surface area contributed by atoms with E-state index in [4.69, 9.17) is 0 Å². The summed E-state index contributed by atoms with van der Waals surface area (Å²) >= 11 is 0. The zero-order valence-corrected chi connectivity index (χ0v) is 15.9. The van der Waals surface area contributed by atoms with Gasteiger partial charge in [0.05, 0.1) is 17.5 Å². The van der Waals surface area contributed by atoms with Crippen molar-refractivity contribution in [1.29, 1.82) is 0 Å². The molecule has 6 heteroatoms. The van der Waals surface area contributed by atoms with Gasteiger partial charge in [0.2, 0.25) is 0 Å². The van der Waals surface area contributed by atoms with Crippen molar-refractivity contribution in [3.05, 3.63) is 65.2 Å². The monoisotopic (exact) mass is 391 g/mol. The summed E-state index contributed by atoms with van der Waals surface area (Å²) in [5, 5.41) is 9.45. The minimum Gasteiger partial charge on any atom is -0.481 e. The minimum absolute atomic E-state index is 0.150. The molecule has 0 saturated carbocycles. The van der Waals surface area contributed by atoms with Gasteiger partial charge in [-0.05, 0) is 54.2 Å². The van der Waals surface area contributed by atoms with Gasteiger partial charge in [-0.1, -0.05) is 38.1 Å². The van der Waals surface area contributed by atoms with Crippen molar-refractivity contribution in [2.24, 2.45) is 5.92 Å². The zero-order chi connectivity index (χ0) is 20.5. The summed E-state index contributed by atoms with van der Waals surface area (Å²) in [5.74, 6) is -0.946. The Balaban J connectivity index is 1.92. The van der Waals surface area contributed by atoms with Gasteiger partial charge in [0.25, 0.3) is 0 Å². The van der Waals surface area contributed by atoms with Crippen LogP contribution in [0.2, 0.25) is 0 Å². The van der Waals surface area contributed by atoms with Gasteiger partial charge < -0.3 is 10.0 Å². The Labute approximate surface area is 162 Å². The van der Waals surface area contributed by atoms with Crippen molar-refractivity contribution < 1.29 is 23.1 Å². The van der Waals surface area contributed by atoms with Crippen molar-refractivity contribution >= 4 is 11.7 Å². The first kappa shape index (κ1) is 20.2. The van der Waals surface area contributed by atoms with Crippen LogP contribution in [0.25, 0.3) is 0 Å². The Bertz CT molecular complexity index is 813. The second kappa shape index (κ2) is 7.86. The number of benzene rings is 2. The van der Waals surface area contributed by atoms with Crippen LogP contribution in [-0.2, 0) is 11.0 Å². The summed E-state index contributed by atoms with van der Waals surface area (Å²) in [6, 6.07) is 13.0. The highest BCUT2D eigenvalue weighted by Gasteiger charge is 2.34. The van der Waals surface area contributed by atoms with E-state index in [9.17, 15) is 23.1 Å². The molecule has 1 N–H and O–H groups in total. The molecular formula is C22H24F3NO2. The summed E-state index contributed by atoms with van der Waals surface area (Å²) in [4.78, 5) is 13.5. The van der Waals surface area contributed by atoms with Gasteiger partial charge in [-0.2, -0.15) is 13.2 Å². The number of halogens is 3. The number of nitrogens with zero attached hydrogens (tertiary/aromatic N) is 1. The number of carbonyl (C=O) groups is 1. The first-order valence-corrected chi connectivity index (χ1v) is 9.43. The SMILES string of the molecule is CC(C)c1ccc(N2CC(C(=O)O)CCC2c2ccc(C(F)(F)F)cc2)cc1. The molecule has 0 aliphatic carbocycles. The third-order valence-corrected chi connectivity index (χ3v) is 5.45. The van der Waals surface area contributed by atoms with E-state index in [2.05, 4.69) is 13.8 Å². The van der Waals surface area contributed by atoms with Crippen molar-refractivity contribution in [2.75, 3.05) is 11.4 Å². The van der Waals surface area contributed by atoms with Crippen molar-refractivity contribution in [3.8, 4) is 0 Å². The lowest BCUT2D eigenvalue weighted by Gasteiger charge is -2.40. The van der Waals surface area contributed by atoms with Crippen LogP contribution in [0.1, 0.15) is 55.3 Å². The van der Waals surface area contributed by atoms with Crippen molar-refractivity contribution in [2.45, 2.75) is 44.8 Å². The van der Waals surface area contributed by atoms with Gasteiger partial charge in [-0.3, -0.25) is 4.79 Å². The Kier molecular flexibility index (Phi) is 5.68. The molecule has 0 bridgehead atoms. The first-order chi connectivity index (χ1) is 13.2. The predicted octanol–water partition coefficient (Wildman–Crippen LogP) is 5.87. The standard InChI is InChI=1S/C22H24F3NO2/c1-14(2)15-5-10-19(11-6-15)26-13-17(21(27)28)7-12-20(26)16-3-8-18(9-4-16)22(23,24)25/h3-6,8-11,14,17,20H,7,12-13H2,1-2H3,(H,27,28). The molecule has 3 nitrogen and oxygen atoms in total. The fourth-order valence-electron chi connectivity index (χ4n) is 3.75. The molecule has 150 valence electrons. The molecule has 2 unspecified atom stereocenters. The quantitative estimate of drug-likeness (QED) is 0.708. The van der Waals surface area contributed by atoms with Crippen LogP contribution >= 0.6 is 0 Å². The first-order valence-electron chi connectivity index (χ1n) is 9.43. The smallest absolute Gasteiger partial charge is 0.416 e. The highest BCUT2D eigenvalue weighted by molar-refractivity contribution is 5.71. The summed E-state index contributed by atoms with van der Waals surface area (Å²) in [6.45, 7) is 4.53. The number of carboxylic acid groups (broad SMARTS) is 1. The van der Waals surface area contributed by atoms with E-state index in [-0.39, 0.29) is 6.04 Å². The van der Waals surface area contributed by atoms with Crippen LogP contribution in [0, 0.1) is 5.92 Å². The topological polar surface area (TPSA) is 40.5 Å². The van der Waals surface area contributed by atoms with Crippen LogP contribution in [0.3, 0.4) is 0 Å². The fraction of sp³-hybridized carbons (Fsp3) is 0.409. The summed E-state index contributed by atoms with van der Waals surface area (Å²) in [6.07, 6.45) is -3.29. The van der Waals surface area contributed by atoms with Crippen molar-refractivity contribution in [1.82, 2.24) is 0 Å². The molecule has 1 heterocycles. The lowest BCUT2D eigenvalue weighted by atomic mass is 9.88. The maximum absolute atomic E-state index is 12.9. The number of carboxylic acids is 1. The van der Waals surface area contributed by atoms with Gasteiger partial charge in [-0.15, -0.1) is 0 Å². The Morgan fingerprint density at radius 2 is 1.64 bits per heavy atom. The zero-order valence-electron chi connectivity index (χ0n) is 15.9. The van der Waals surface area contributed by atoms with Crippen LogP contribution < -0.4 is 4.90 Å². The number of rotatable bonds is 4. The molecule has 0 radical (unpaired) electrons. The van der Waals surface area contributed by atoms with Gasteiger partial charge in [0, 0.05) is 12.2 Å². The van der Waals surface area contributed by atoms with Crippen LogP contribution in [-0.4, -0.2) is 17.6 Å². The molecule has 28 heavy (non-hydrogen) atoms. The molecule has 3 rings (SSSR count). The van der Waals surface area contributed by atoms with E-state index < -0.39 is 23.6 Å².